The number of hydrogen-bond donors (Lipinski definition) is 0. The summed E-state index contributed by atoms with van der Waals surface area (Å²) >= 11 is 0. The van der Waals surface area contributed by atoms with Crippen LogP contribution in [0.15, 0.2) is 42.5 Å². The first-order chi connectivity index (χ1) is 12.4. The molecule has 1 fully saturated rings. The van der Waals surface area contributed by atoms with Gasteiger partial charge in [-0.1, -0.05) is 35.9 Å². The second kappa shape index (κ2) is 7.52. The van der Waals surface area contributed by atoms with Crippen molar-refractivity contribution in [3.8, 4) is 0 Å². The highest BCUT2D eigenvalue weighted by molar-refractivity contribution is 6.01. The normalized spacial score (nSPS) is 14.0. The number of imide groups is 1. The lowest BCUT2D eigenvalue weighted by Crippen LogP contribution is -2.28. The molecule has 0 saturated carbocycles. The van der Waals surface area contributed by atoms with Crippen molar-refractivity contribution < 1.29 is 19.1 Å². The fraction of sp³-hybridized carbons (Fsp3) is 0.286. The third-order valence-corrected chi connectivity index (χ3v) is 4.55. The average Bonchev–Trinajstić information content (AvgIpc) is 2.95. The fourth-order valence-corrected chi connectivity index (χ4v) is 2.91. The van der Waals surface area contributed by atoms with Crippen molar-refractivity contribution in [3.63, 3.8) is 0 Å². The zero-order chi connectivity index (χ0) is 18.7. The van der Waals surface area contributed by atoms with E-state index in [9.17, 15) is 14.4 Å². The summed E-state index contributed by atoms with van der Waals surface area (Å²) in [5.41, 5.74) is 4.44. The van der Waals surface area contributed by atoms with Gasteiger partial charge in [-0.2, -0.15) is 0 Å². The molecule has 2 amide bonds. The number of carbonyl (C=O) groups excluding carboxylic acids is 3. The number of hydrogen-bond acceptors (Lipinski definition) is 4. The van der Waals surface area contributed by atoms with E-state index in [0.29, 0.717) is 5.56 Å². The third-order valence-electron chi connectivity index (χ3n) is 4.55. The highest BCUT2D eigenvalue weighted by atomic mass is 16.5. The lowest BCUT2D eigenvalue weighted by molar-refractivity contribution is -0.139. The van der Waals surface area contributed by atoms with Gasteiger partial charge in [-0.15, -0.1) is 0 Å². The van der Waals surface area contributed by atoms with Crippen molar-refractivity contribution in [2.45, 2.75) is 39.8 Å². The van der Waals surface area contributed by atoms with Gasteiger partial charge in [-0.05, 0) is 42.7 Å². The van der Waals surface area contributed by atoms with Crippen LogP contribution in [0.4, 0.5) is 0 Å². The van der Waals surface area contributed by atoms with Crippen LogP contribution in [0.5, 0.6) is 0 Å². The van der Waals surface area contributed by atoms with Crippen molar-refractivity contribution in [1.29, 1.82) is 0 Å². The number of ether oxygens (including phenoxy) is 1. The average molecular weight is 351 g/mol. The lowest BCUT2D eigenvalue weighted by atomic mass is 10.1. The van der Waals surface area contributed by atoms with Crippen LogP contribution in [0.2, 0.25) is 0 Å². The molecule has 0 unspecified atom stereocenters. The molecule has 0 aromatic heterocycles. The monoisotopic (exact) mass is 351 g/mol. The molecule has 134 valence electrons. The Balaban J connectivity index is 1.61. The van der Waals surface area contributed by atoms with Crippen molar-refractivity contribution in [1.82, 2.24) is 4.90 Å². The maximum Gasteiger partial charge on any atom is 0.338 e. The van der Waals surface area contributed by atoms with Crippen LogP contribution in [-0.4, -0.2) is 22.7 Å². The van der Waals surface area contributed by atoms with E-state index in [1.54, 1.807) is 24.3 Å². The van der Waals surface area contributed by atoms with E-state index in [2.05, 4.69) is 0 Å². The molecule has 0 spiro atoms. The van der Waals surface area contributed by atoms with E-state index in [1.807, 2.05) is 32.0 Å². The molecular weight excluding hydrogens is 330 g/mol. The summed E-state index contributed by atoms with van der Waals surface area (Å²) in [6.07, 6.45) is 0.559. The molecule has 5 heteroatoms. The first-order valence-electron chi connectivity index (χ1n) is 8.59. The van der Waals surface area contributed by atoms with E-state index in [-0.39, 0.29) is 37.8 Å². The zero-order valence-corrected chi connectivity index (χ0v) is 15.0. The van der Waals surface area contributed by atoms with Gasteiger partial charge in [0, 0.05) is 12.8 Å². The van der Waals surface area contributed by atoms with Crippen LogP contribution in [0, 0.1) is 13.8 Å². The topological polar surface area (TPSA) is 63.7 Å². The Morgan fingerprint density at radius 1 is 1.00 bits per heavy atom. The molecule has 0 N–H and O–H groups in total. The van der Waals surface area contributed by atoms with E-state index in [4.69, 9.17) is 4.74 Å². The third kappa shape index (κ3) is 3.99. The minimum atomic E-state index is -0.397. The van der Waals surface area contributed by atoms with E-state index >= 15 is 0 Å². The second-order valence-corrected chi connectivity index (χ2v) is 6.58. The SMILES string of the molecule is Cc1ccc(C)c(COC(=O)c2ccc(CN3C(=O)CCC3=O)cc2)c1. The lowest BCUT2D eigenvalue weighted by Gasteiger charge is -2.14. The molecule has 1 aliphatic rings. The van der Waals surface area contributed by atoms with Gasteiger partial charge in [-0.25, -0.2) is 4.79 Å². The minimum Gasteiger partial charge on any atom is -0.457 e. The number of likely N-dealkylation sites (tertiary alicyclic amines) is 1. The molecule has 26 heavy (non-hydrogen) atoms. The molecule has 3 rings (SSSR count). The summed E-state index contributed by atoms with van der Waals surface area (Å²) in [7, 11) is 0. The van der Waals surface area contributed by atoms with Gasteiger partial charge in [0.2, 0.25) is 11.8 Å². The van der Waals surface area contributed by atoms with Crippen LogP contribution in [-0.2, 0) is 27.5 Å². The Bertz CT molecular complexity index is 839. The highest BCUT2D eigenvalue weighted by Crippen LogP contribution is 2.17. The molecule has 1 saturated heterocycles. The Morgan fingerprint density at radius 2 is 1.65 bits per heavy atom. The molecule has 2 aromatic carbocycles. The van der Waals surface area contributed by atoms with Crippen molar-refractivity contribution in [2.75, 3.05) is 0 Å². The van der Waals surface area contributed by atoms with Gasteiger partial charge in [0.05, 0.1) is 12.1 Å². The van der Waals surface area contributed by atoms with Crippen LogP contribution < -0.4 is 0 Å². The molecule has 0 bridgehead atoms. The van der Waals surface area contributed by atoms with E-state index in [1.165, 1.54) is 4.90 Å². The van der Waals surface area contributed by atoms with Gasteiger partial charge in [0.15, 0.2) is 0 Å². The van der Waals surface area contributed by atoms with E-state index in [0.717, 1.165) is 22.3 Å². The highest BCUT2D eigenvalue weighted by Gasteiger charge is 2.28. The zero-order valence-electron chi connectivity index (χ0n) is 15.0. The first kappa shape index (κ1) is 17.9. The molecule has 5 nitrogen and oxygen atoms in total. The number of esters is 1. The molecular formula is C21H21NO4. The Morgan fingerprint density at radius 3 is 2.31 bits per heavy atom. The smallest absolute Gasteiger partial charge is 0.338 e. The maximum atomic E-state index is 12.2. The Kier molecular flexibility index (Phi) is 5.16. The number of rotatable bonds is 5. The Labute approximate surface area is 152 Å². The van der Waals surface area contributed by atoms with E-state index < -0.39 is 5.97 Å². The predicted molar refractivity (Wildman–Crippen MR) is 96.3 cm³/mol. The van der Waals surface area contributed by atoms with Gasteiger partial charge >= 0.3 is 5.97 Å². The summed E-state index contributed by atoms with van der Waals surface area (Å²) in [6.45, 7) is 4.46. The largest absolute Gasteiger partial charge is 0.457 e. The van der Waals surface area contributed by atoms with Gasteiger partial charge in [0.1, 0.15) is 6.61 Å². The number of benzene rings is 2. The molecule has 0 aliphatic carbocycles. The summed E-state index contributed by atoms with van der Waals surface area (Å²) in [4.78, 5) is 36.8. The molecule has 1 aliphatic heterocycles. The maximum absolute atomic E-state index is 12.2. The Hall–Kier alpha value is -2.95. The van der Waals surface area contributed by atoms with Crippen molar-refractivity contribution in [2.24, 2.45) is 0 Å². The van der Waals surface area contributed by atoms with Gasteiger partial charge < -0.3 is 4.74 Å². The second-order valence-electron chi connectivity index (χ2n) is 6.58. The van der Waals surface area contributed by atoms with Crippen LogP contribution >= 0.6 is 0 Å². The molecule has 2 aromatic rings. The number of nitrogens with zero attached hydrogens (tertiary/aromatic N) is 1. The van der Waals surface area contributed by atoms with Crippen LogP contribution in [0.3, 0.4) is 0 Å². The standard InChI is InChI=1S/C21H21NO4/c1-14-3-4-15(2)18(11-14)13-26-21(25)17-7-5-16(6-8-17)12-22-19(23)9-10-20(22)24/h3-8,11H,9-10,12-13H2,1-2H3. The summed E-state index contributed by atoms with van der Waals surface area (Å²) < 4.78 is 5.40. The number of amides is 2. The summed E-state index contributed by atoms with van der Waals surface area (Å²) in [5.74, 6) is -0.690. The van der Waals surface area contributed by atoms with Gasteiger partial charge in [-0.3, -0.25) is 14.5 Å². The summed E-state index contributed by atoms with van der Waals surface area (Å²) in [6, 6.07) is 12.8. The minimum absolute atomic E-state index is 0.146. The van der Waals surface area contributed by atoms with Crippen molar-refractivity contribution in [3.05, 3.63) is 70.3 Å². The first-order valence-corrected chi connectivity index (χ1v) is 8.59. The fourth-order valence-electron chi connectivity index (χ4n) is 2.91. The molecule has 1 heterocycles. The number of aryl methyl sites for hydroxylation is 2. The van der Waals surface area contributed by atoms with Gasteiger partial charge in [0.25, 0.3) is 0 Å². The molecule has 0 radical (unpaired) electrons. The number of carbonyl (C=O) groups is 3. The van der Waals surface area contributed by atoms with Crippen LogP contribution in [0.1, 0.15) is 45.5 Å². The van der Waals surface area contributed by atoms with Crippen molar-refractivity contribution >= 4 is 17.8 Å². The summed E-state index contributed by atoms with van der Waals surface area (Å²) in [5, 5.41) is 0. The quantitative estimate of drug-likeness (QED) is 0.612. The predicted octanol–water partition coefficient (Wildman–Crippen LogP) is 3.31. The van der Waals surface area contributed by atoms with Crippen LogP contribution in [0.25, 0.3) is 0 Å². The molecule has 0 atom stereocenters.